The van der Waals surface area contributed by atoms with E-state index in [1.165, 1.54) is 5.69 Å². The molecule has 2 aromatic rings. The molecule has 4 nitrogen and oxygen atoms in total. The molecule has 1 aliphatic rings. The first-order valence-electron chi connectivity index (χ1n) is 9.48. The molecule has 5 heteroatoms. The van der Waals surface area contributed by atoms with Crippen LogP contribution in [0.3, 0.4) is 0 Å². The zero-order chi connectivity index (χ0) is 19.2. The van der Waals surface area contributed by atoms with Crippen LogP contribution in [-0.2, 0) is 16.0 Å². The van der Waals surface area contributed by atoms with Gasteiger partial charge in [-0.1, -0.05) is 23.7 Å². The molecular weight excluding hydrogens is 360 g/mol. The number of hydrogen-bond donors (Lipinski definition) is 1. The second kappa shape index (κ2) is 9.25. The summed E-state index contributed by atoms with van der Waals surface area (Å²) in [7, 11) is 1.78. The summed E-state index contributed by atoms with van der Waals surface area (Å²) in [6.45, 7) is 3.99. The Morgan fingerprint density at radius 3 is 2.52 bits per heavy atom. The first-order chi connectivity index (χ1) is 13.0. The zero-order valence-corrected chi connectivity index (χ0v) is 16.8. The number of methoxy groups -OCH3 is 1. The van der Waals surface area contributed by atoms with Crippen LogP contribution < -0.4 is 10.2 Å². The molecule has 1 heterocycles. The lowest BCUT2D eigenvalue weighted by Gasteiger charge is -2.33. The highest BCUT2D eigenvalue weighted by molar-refractivity contribution is 6.31. The Kier molecular flexibility index (Phi) is 6.75. The fourth-order valence-electron chi connectivity index (χ4n) is 3.45. The van der Waals surface area contributed by atoms with E-state index in [2.05, 4.69) is 22.3 Å². The van der Waals surface area contributed by atoms with Crippen molar-refractivity contribution < 1.29 is 9.53 Å². The lowest BCUT2D eigenvalue weighted by Crippen LogP contribution is -2.36. The third kappa shape index (κ3) is 5.47. The van der Waals surface area contributed by atoms with Gasteiger partial charge in [0.2, 0.25) is 5.91 Å². The Labute approximate surface area is 166 Å². The van der Waals surface area contributed by atoms with Crippen molar-refractivity contribution in [1.82, 2.24) is 0 Å². The Bertz CT molecular complexity index is 768. The van der Waals surface area contributed by atoms with E-state index in [4.69, 9.17) is 16.3 Å². The number of nitrogens with one attached hydrogen (secondary N) is 1. The summed E-state index contributed by atoms with van der Waals surface area (Å²) in [5.74, 6) is 0.0243. The van der Waals surface area contributed by atoms with Crippen LogP contribution in [0.5, 0.6) is 0 Å². The third-order valence-electron chi connectivity index (χ3n) is 5.15. The van der Waals surface area contributed by atoms with E-state index in [1.54, 1.807) is 7.11 Å². The first-order valence-corrected chi connectivity index (χ1v) is 9.85. The summed E-state index contributed by atoms with van der Waals surface area (Å²) in [4.78, 5) is 14.6. The van der Waals surface area contributed by atoms with E-state index in [0.29, 0.717) is 18.9 Å². The average Bonchev–Trinajstić information content (AvgIpc) is 2.69. The van der Waals surface area contributed by atoms with Crippen LogP contribution in [0, 0.1) is 6.92 Å². The number of carbonyl (C=O) groups is 1. The Morgan fingerprint density at radius 1 is 1.19 bits per heavy atom. The van der Waals surface area contributed by atoms with Gasteiger partial charge in [0.1, 0.15) is 0 Å². The number of amides is 1. The standard InChI is InChI=1S/C22H27ClN2O2/c1-16-15-17(3-9-21(16)23)4-10-22(26)24-18-5-7-19(8-6-18)25-13-11-20(27-2)12-14-25/h3,5-9,15,20H,4,10-14H2,1-2H3,(H,24,26). The van der Waals surface area contributed by atoms with Crippen molar-refractivity contribution in [3.63, 3.8) is 0 Å². The van der Waals surface area contributed by atoms with Crippen LogP contribution >= 0.6 is 11.6 Å². The Hall–Kier alpha value is -2.04. The van der Waals surface area contributed by atoms with Gasteiger partial charge in [-0.15, -0.1) is 0 Å². The number of ether oxygens (including phenoxy) is 1. The number of rotatable bonds is 6. The summed E-state index contributed by atoms with van der Waals surface area (Å²) >= 11 is 6.05. The van der Waals surface area contributed by atoms with Crippen molar-refractivity contribution in [2.45, 2.75) is 38.7 Å². The lowest BCUT2D eigenvalue weighted by molar-refractivity contribution is -0.116. The van der Waals surface area contributed by atoms with Crippen molar-refractivity contribution in [2.24, 2.45) is 0 Å². The number of nitrogens with zero attached hydrogens (tertiary/aromatic N) is 1. The summed E-state index contributed by atoms with van der Waals surface area (Å²) in [6, 6.07) is 14.0. The minimum Gasteiger partial charge on any atom is -0.381 e. The molecule has 1 N–H and O–H groups in total. The normalized spacial score (nSPS) is 15.0. The number of benzene rings is 2. The van der Waals surface area contributed by atoms with Gasteiger partial charge < -0.3 is 15.0 Å². The molecule has 0 aromatic heterocycles. The largest absolute Gasteiger partial charge is 0.381 e. The number of hydrogen-bond acceptors (Lipinski definition) is 3. The topological polar surface area (TPSA) is 41.6 Å². The van der Waals surface area contributed by atoms with Gasteiger partial charge in [-0.3, -0.25) is 4.79 Å². The van der Waals surface area contributed by atoms with E-state index < -0.39 is 0 Å². The molecule has 1 amide bonds. The fraction of sp³-hybridized carbons (Fsp3) is 0.409. The predicted octanol–water partition coefficient (Wildman–Crippen LogP) is 4.83. The summed E-state index contributed by atoms with van der Waals surface area (Å²) in [5, 5.41) is 3.74. The molecular formula is C22H27ClN2O2. The molecule has 2 aromatic carbocycles. The number of halogens is 1. The maximum Gasteiger partial charge on any atom is 0.224 e. The van der Waals surface area contributed by atoms with E-state index in [0.717, 1.165) is 47.8 Å². The molecule has 0 saturated carbocycles. The van der Waals surface area contributed by atoms with E-state index >= 15 is 0 Å². The molecule has 0 unspecified atom stereocenters. The highest BCUT2D eigenvalue weighted by Crippen LogP contribution is 2.23. The summed E-state index contributed by atoms with van der Waals surface area (Å²) in [6.07, 6.45) is 3.64. The summed E-state index contributed by atoms with van der Waals surface area (Å²) < 4.78 is 5.42. The number of anilines is 2. The van der Waals surface area contributed by atoms with Gasteiger partial charge in [-0.25, -0.2) is 0 Å². The Morgan fingerprint density at radius 2 is 1.89 bits per heavy atom. The van der Waals surface area contributed by atoms with Crippen molar-refractivity contribution in [1.29, 1.82) is 0 Å². The molecule has 0 aliphatic carbocycles. The molecule has 0 atom stereocenters. The number of piperidine rings is 1. The number of aryl methyl sites for hydroxylation is 2. The van der Waals surface area contributed by atoms with Crippen LogP contribution in [0.25, 0.3) is 0 Å². The second-order valence-corrected chi connectivity index (χ2v) is 7.51. The highest BCUT2D eigenvalue weighted by atomic mass is 35.5. The maximum absolute atomic E-state index is 12.2. The summed E-state index contributed by atoms with van der Waals surface area (Å²) in [5.41, 5.74) is 4.20. The third-order valence-corrected chi connectivity index (χ3v) is 5.58. The molecule has 0 bridgehead atoms. The second-order valence-electron chi connectivity index (χ2n) is 7.10. The zero-order valence-electron chi connectivity index (χ0n) is 16.0. The minimum absolute atomic E-state index is 0.0243. The van der Waals surface area contributed by atoms with Gasteiger partial charge in [0.15, 0.2) is 0 Å². The fourth-order valence-corrected chi connectivity index (χ4v) is 3.57. The van der Waals surface area contributed by atoms with Gasteiger partial charge in [0, 0.05) is 43.0 Å². The van der Waals surface area contributed by atoms with Crippen molar-refractivity contribution in [3.05, 3.63) is 58.6 Å². The SMILES string of the molecule is COC1CCN(c2ccc(NC(=O)CCc3ccc(Cl)c(C)c3)cc2)CC1. The monoisotopic (exact) mass is 386 g/mol. The average molecular weight is 387 g/mol. The van der Waals surface area contributed by atoms with E-state index in [1.807, 2.05) is 37.3 Å². The highest BCUT2D eigenvalue weighted by Gasteiger charge is 2.18. The van der Waals surface area contributed by atoms with Crippen molar-refractivity contribution >= 4 is 28.9 Å². The Balaban J connectivity index is 1.49. The van der Waals surface area contributed by atoms with Crippen molar-refractivity contribution in [3.8, 4) is 0 Å². The first kappa shape index (κ1) is 19.7. The molecule has 0 spiro atoms. The van der Waals surface area contributed by atoms with Crippen molar-refractivity contribution in [2.75, 3.05) is 30.4 Å². The molecule has 144 valence electrons. The quantitative estimate of drug-likeness (QED) is 0.772. The van der Waals surface area contributed by atoms with Crippen LogP contribution in [-0.4, -0.2) is 32.2 Å². The smallest absolute Gasteiger partial charge is 0.224 e. The van der Waals surface area contributed by atoms with E-state index in [9.17, 15) is 4.79 Å². The maximum atomic E-state index is 12.2. The molecule has 1 fully saturated rings. The molecule has 1 aliphatic heterocycles. The minimum atomic E-state index is 0.0243. The van der Waals surface area contributed by atoms with Gasteiger partial charge >= 0.3 is 0 Å². The van der Waals surface area contributed by atoms with Gasteiger partial charge in [0.05, 0.1) is 6.10 Å². The van der Waals surface area contributed by atoms with E-state index in [-0.39, 0.29) is 5.91 Å². The lowest BCUT2D eigenvalue weighted by atomic mass is 10.1. The number of carbonyl (C=O) groups excluding carboxylic acids is 1. The van der Waals surface area contributed by atoms with Gasteiger partial charge in [-0.05, 0) is 67.6 Å². The molecule has 0 radical (unpaired) electrons. The van der Waals surface area contributed by atoms with Crippen LogP contribution in [0.1, 0.15) is 30.4 Å². The predicted molar refractivity (Wildman–Crippen MR) is 112 cm³/mol. The van der Waals surface area contributed by atoms with Crippen LogP contribution in [0.2, 0.25) is 5.02 Å². The van der Waals surface area contributed by atoms with Gasteiger partial charge in [-0.2, -0.15) is 0 Å². The van der Waals surface area contributed by atoms with Crippen LogP contribution in [0.4, 0.5) is 11.4 Å². The molecule has 27 heavy (non-hydrogen) atoms. The van der Waals surface area contributed by atoms with Gasteiger partial charge in [0.25, 0.3) is 0 Å². The molecule has 3 rings (SSSR count). The molecule has 1 saturated heterocycles. The van der Waals surface area contributed by atoms with Crippen LogP contribution in [0.15, 0.2) is 42.5 Å².